The smallest absolute Gasteiger partial charge is 0.307 e. The van der Waals surface area contributed by atoms with Crippen LogP contribution in [0, 0.1) is 0 Å². The molecule has 0 aliphatic heterocycles. The molecular formula is C22H38O4. The minimum atomic E-state index is -0.296. The van der Waals surface area contributed by atoms with Crippen molar-refractivity contribution in [1.82, 2.24) is 0 Å². The molecule has 0 fully saturated rings. The van der Waals surface area contributed by atoms with E-state index >= 15 is 0 Å². The molecule has 1 unspecified atom stereocenters. The fourth-order valence-electron chi connectivity index (χ4n) is 2.82. The molecule has 0 bridgehead atoms. The van der Waals surface area contributed by atoms with Crippen molar-refractivity contribution in [3.63, 3.8) is 0 Å². The number of ether oxygens (including phenoxy) is 2. The molecule has 0 aliphatic carbocycles. The van der Waals surface area contributed by atoms with Gasteiger partial charge in [-0.1, -0.05) is 57.6 Å². The van der Waals surface area contributed by atoms with Crippen LogP contribution in [0.1, 0.15) is 97.8 Å². The van der Waals surface area contributed by atoms with Gasteiger partial charge in [0.25, 0.3) is 0 Å². The fraction of sp³-hybridized carbons (Fsp3) is 0.727. The Hall–Kier alpha value is -1.58. The first-order chi connectivity index (χ1) is 12.6. The quantitative estimate of drug-likeness (QED) is 0.140. The van der Waals surface area contributed by atoms with Gasteiger partial charge in [-0.25, -0.2) is 0 Å². The molecule has 0 amide bonds. The molecule has 0 saturated carbocycles. The fourth-order valence-corrected chi connectivity index (χ4v) is 2.82. The highest BCUT2D eigenvalue weighted by atomic mass is 16.5. The number of hydrogen-bond acceptors (Lipinski definition) is 4. The second-order valence-electron chi connectivity index (χ2n) is 6.79. The summed E-state index contributed by atoms with van der Waals surface area (Å²) in [7, 11) is 0. The molecule has 0 radical (unpaired) electrons. The van der Waals surface area contributed by atoms with Crippen molar-refractivity contribution in [2.75, 3.05) is 0 Å². The van der Waals surface area contributed by atoms with Crippen molar-refractivity contribution >= 4 is 11.9 Å². The summed E-state index contributed by atoms with van der Waals surface area (Å²) in [5, 5.41) is 0. The van der Waals surface area contributed by atoms with Crippen molar-refractivity contribution in [2.24, 2.45) is 0 Å². The Morgan fingerprint density at radius 3 is 2.04 bits per heavy atom. The van der Waals surface area contributed by atoms with Crippen molar-refractivity contribution in [1.29, 1.82) is 0 Å². The standard InChI is InChI=1S/C22H38O4/c1-4-5-14-17-22(26-21(3)24)18-15-12-10-8-6-7-9-11-13-16-19-25-20(2)23/h11,13,16,19,22H,4-10,12,14-15,17-18H2,1-3H3. The van der Waals surface area contributed by atoms with E-state index in [2.05, 4.69) is 13.0 Å². The first-order valence-corrected chi connectivity index (χ1v) is 10.2. The van der Waals surface area contributed by atoms with E-state index in [1.54, 1.807) is 6.08 Å². The van der Waals surface area contributed by atoms with Gasteiger partial charge >= 0.3 is 11.9 Å². The van der Waals surface area contributed by atoms with Gasteiger partial charge in [-0.3, -0.25) is 9.59 Å². The van der Waals surface area contributed by atoms with Crippen LogP contribution in [-0.4, -0.2) is 18.0 Å². The second kappa shape index (κ2) is 18.2. The lowest BCUT2D eigenvalue weighted by atomic mass is 10.0. The number of carbonyl (C=O) groups excluding carboxylic acids is 2. The zero-order valence-electron chi connectivity index (χ0n) is 17.0. The van der Waals surface area contributed by atoms with Gasteiger partial charge in [0.05, 0.1) is 6.26 Å². The van der Waals surface area contributed by atoms with E-state index in [0.29, 0.717) is 0 Å². The Kier molecular flexibility index (Phi) is 17.1. The third kappa shape index (κ3) is 18.8. The number of unbranched alkanes of at least 4 members (excludes halogenated alkanes) is 8. The number of carbonyl (C=O) groups is 2. The summed E-state index contributed by atoms with van der Waals surface area (Å²) in [5.41, 5.74) is 0. The normalized spacial score (nSPS) is 12.6. The van der Waals surface area contributed by atoms with Gasteiger partial charge in [0.1, 0.15) is 6.10 Å². The molecule has 0 heterocycles. The lowest BCUT2D eigenvalue weighted by Gasteiger charge is -2.16. The SMILES string of the molecule is CCCCCC(CCCCCCCCC=CC=COC(C)=O)OC(C)=O. The van der Waals surface area contributed by atoms with E-state index in [9.17, 15) is 9.59 Å². The number of hydrogen-bond donors (Lipinski definition) is 0. The Morgan fingerprint density at radius 2 is 1.42 bits per heavy atom. The Labute approximate surface area is 160 Å². The first-order valence-electron chi connectivity index (χ1n) is 10.2. The van der Waals surface area contributed by atoms with Crippen LogP contribution in [-0.2, 0) is 19.1 Å². The van der Waals surface area contributed by atoms with E-state index in [4.69, 9.17) is 9.47 Å². The summed E-state index contributed by atoms with van der Waals surface area (Å²) in [6.07, 6.45) is 21.2. The van der Waals surface area contributed by atoms with Crippen LogP contribution in [0.15, 0.2) is 24.5 Å². The zero-order valence-corrected chi connectivity index (χ0v) is 17.0. The molecule has 0 rings (SSSR count). The van der Waals surface area contributed by atoms with Gasteiger partial charge < -0.3 is 9.47 Å². The second-order valence-corrected chi connectivity index (χ2v) is 6.79. The maximum absolute atomic E-state index is 11.2. The predicted octanol–water partition coefficient (Wildman–Crippen LogP) is 6.25. The van der Waals surface area contributed by atoms with Crippen LogP contribution in [0.2, 0.25) is 0 Å². The summed E-state index contributed by atoms with van der Waals surface area (Å²) in [6.45, 7) is 5.08. The van der Waals surface area contributed by atoms with E-state index < -0.39 is 0 Å². The van der Waals surface area contributed by atoms with Crippen LogP contribution < -0.4 is 0 Å². The maximum Gasteiger partial charge on any atom is 0.307 e. The van der Waals surface area contributed by atoms with Crippen LogP contribution in [0.25, 0.3) is 0 Å². The monoisotopic (exact) mass is 366 g/mol. The molecule has 0 aromatic carbocycles. The highest BCUT2D eigenvalue weighted by Crippen LogP contribution is 2.16. The molecule has 150 valence electrons. The maximum atomic E-state index is 11.2. The minimum absolute atomic E-state index is 0.115. The first kappa shape index (κ1) is 24.4. The molecule has 26 heavy (non-hydrogen) atoms. The Morgan fingerprint density at radius 1 is 0.808 bits per heavy atom. The number of esters is 2. The van der Waals surface area contributed by atoms with Gasteiger partial charge in [-0.05, 0) is 44.6 Å². The van der Waals surface area contributed by atoms with Crippen molar-refractivity contribution < 1.29 is 19.1 Å². The summed E-state index contributed by atoms with van der Waals surface area (Å²) < 4.78 is 10.1. The Bertz CT molecular complexity index is 412. The lowest BCUT2D eigenvalue weighted by Crippen LogP contribution is -2.16. The molecule has 4 nitrogen and oxygen atoms in total. The molecule has 0 aromatic heterocycles. The van der Waals surface area contributed by atoms with Gasteiger partial charge in [0.15, 0.2) is 0 Å². The molecule has 0 aliphatic rings. The van der Waals surface area contributed by atoms with E-state index in [1.807, 2.05) is 6.08 Å². The van der Waals surface area contributed by atoms with Crippen LogP contribution in [0.5, 0.6) is 0 Å². The van der Waals surface area contributed by atoms with Gasteiger partial charge in [0, 0.05) is 13.8 Å². The molecule has 1 atom stereocenters. The molecule has 4 heteroatoms. The van der Waals surface area contributed by atoms with Crippen LogP contribution >= 0.6 is 0 Å². The van der Waals surface area contributed by atoms with Gasteiger partial charge in [-0.2, -0.15) is 0 Å². The van der Waals surface area contributed by atoms with Crippen molar-refractivity contribution in [2.45, 2.75) is 104 Å². The number of allylic oxidation sites excluding steroid dienone is 3. The number of rotatable bonds is 16. The predicted molar refractivity (Wildman–Crippen MR) is 107 cm³/mol. The molecule has 0 spiro atoms. The Balaban J connectivity index is 3.57. The summed E-state index contributed by atoms with van der Waals surface area (Å²) in [6, 6.07) is 0. The molecule has 0 saturated heterocycles. The summed E-state index contributed by atoms with van der Waals surface area (Å²) in [4.78, 5) is 21.7. The highest BCUT2D eigenvalue weighted by molar-refractivity contribution is 5.66. The average molecular weight is 367 g/mol. The third-order valence-corrected chi connectivity index (χ3v) is 4.17. The molecule has 0 aromatic rings. The summed E-state index contributed by atoms with van der Waals surface area (Å²) in [5.74, 6) is -0.447. The largest absolute Gasteiger partial charge is 0.463 e. The average Bonchev–Trinajstić information content (AvgIpc) is 2.58. The lowest BCUT2D eigenvalue weighted by molar-refractivity contribution is -0.147. The topological polar surface area (TPSA) is 52.6 Å². The van der Waals surface area contributed by atoms with Crippen LogP contribution in [0.3, 0.4) is 0 Å². The third-order valence-electron chi connectivity index (χ3n) is 4.17. The van der Waals surface area contributed by atoms with E-state index in [1.165, 1.54) is 65.1 Å². The van der Waals surface area contributed by atoms with Gasteiger partial charge in [-0.15, -0.1) is 0 Å². The van der Waals surface area contributed by atoms with E-state index in [-0.39, 0.29) is 18.0 Å². The van der Waals surface area contributed by atoms with E-state index in [0.717, 1.165) is 32.1 Å². The molecular weight excluding hydrogens is 328 g/mol. The summed E-state index contributed by atoms with van der Waals surface area (Å²) >= 11 is 0. The zero-order chi connectivity index (χ0) is 19.5. The highest BCUT2D eigenvalue weighted by Gasteiger charge is 2.11. The van der Waals surface area contributed by atoms with Crippen molar-refractivity contribution in [3.05, 3.63) is 24.5 Å². The molecule has 0 N–H and O–H groups in total. The minimum Gasteiger partial charge on any atom is -0.463 e. The van der Waals surface area contributed by atoms with Gasteiger partial charge in [0.2, 0.25) is 0 Å². The van der Waals surface area contributed by atoms with Crippen molar-refractivity contribution in [3.8, 4) is 0 Å². The van der Waals surface area contributed by atoms with Crippen LogP contribution in [0.4, 0.5) is 0 Å².